The molecule has 0 rings (SSSR count). The number of thioether (sulfide) groups is 1. The Kier molecular flexibility index (Phi) is 13.3. The van der Waals surface area contributed by atoms with Crippen molar-refractivity contribution < 1.29 is 4.79 Å². The van der Waals surface area contributed by atoms with E-state index in [1.54, 1.807) is 11.8 Å². The van der Waals surface area contributed by atoms with Crippen molar-refractivity contribution in [3.63, 3.8) is 0 Å². The van der Waals surface area contributed by atoms with Crippen LogP contribution in [0.4, 0.5) is 0 Å². The van der Waals surface area contributed by atoms with Gasteiger partial charge in [-0.3, -0.25) is 4.79 Å². The molecule has 0 aromatic heterocycles. The molecule has 0 saturated carbocycles. The Morgan fingerprint density at radius 1 is 1.38 bits per heavy atom. The highest BCUT2D eigenvalue weighted by atomic mass is 35.5. The highest BCUT2D eigenvalue weighted by Crippen LogP contribution is 2.02. The van der Waals surface area contributed by atoms with Crippen molar-refractivity contribution in [1.82, 2.24) is 5.32 Å². The molecule has 0 saturated heterocycles. The summed E-state index contributed by atoms with van der Waals surface area (Å²) in [5.74, 6) is 1.64. The molecular weight excluding hydrogens is 244 g/mol. The third-order valence-corrected chi connectivity index (χ3v) is 2.87. The van der Waals surface area contributed by atoms with Gasteiger partial charge in [0.05, 0.1) is 6.04 Å². The van der Waals surface area contributed by atoms with E-state index in [4.69, 9.17) is 5.73 Å². The van der Waals surface area contributed by atoms with Crippen molar-refractivity contribution >= 4 is 30.1 Å². The van der Waals surface area contributed by atoms with E-state index < -0.39 is 0 Å². The lowest BCUT2D eigenvalue weighted by atomic mass is 10.1. The van der Waals surface area contributed by atoms with Crippen LogP contribution in [0.5, 0.6) is 0 Å². The van der Waals surface area contributed by atoms with Gasteiger partial charge in [-0.15, -0.1) is 12.4 Å². The van der Waals surface area contributed by atoms with E-state index in [1.807, 2.05) is 6.26 Å². The number of carbonyl (C=O) groups excluding carboxylic acids is 1. The fourth-order valence-electron chi connectivity index (χ4n) is 1.23. The maximum atomic E-state index is 11.4. The Morgan fingerprint density at radius 3 is 2.50 bits per heavy atom. The Labute approximate surface area is 110 Å². The predicted molar refractivity (Wildman–Crippen MR) is 75.3 cm³/mol. The van der Waals surface area contributed by atoms with E-state index in [1.165, 1.54) is 0 Å². The molecule has 98 valence electrons. The van der Waals surface area contributed by atoms with Crippen molar-refractivity contribution in [1.29, 1.82) is 0 Å². The molecule has 0 fully saturated rings. The van der Waals surface area contributed by atoms with Crippen LogP contribution in [-0.2, 0) is 4.79 Å². The second kappa shape index (κ2) is 11.6. The smallest absolute Gasteiger partial charge is 0.236 e. The van der Waals surface area contributed by atoms with E-state index in [2.05, 4.69) is 19.2 Å². The van der Waals surface area contributed by atoms with Crippen molar-refractivity contribution in [3.8, 4) is 0 Å². The maximum absolute atomic E-state index is 11.4. The summed E-state index contributed by atoms with van der Waals surface area (Å²) in [5, 5.41) is 2.87. The second-order valence-corrected chi connectivity index (χ2v) is 5.20. The van der Waals surface area contributed by atoms with Gasteiger partial charge in [-0.2, -0.15) is 11.8 Å². The molecule has 0 aliphatic rings. The molecule has 0 aromatic rings. The molecule has 1 amide bonds. The van der Waals surface area contributed by atoms with E-state index in [-0.39, 0.29) is 24.4 Å². The first-order chi connectivity index (χ1) is 7.07. The SMILES string of the molecule is CSCC[C@H](N)C(=O)NCCCC(C)C.Cl. The molecule has 0 radical (unpaired) electrons. The molecule has 3 nitrogen and oxygen atoms in total. The number of amides is 1. The molecule has 0 aliphatic carbocycles. The lowest BCUT2D eigenvalue weighted by Gasteiger charge is -2.11. The Morgan fingerprint density at radius 2 is 2.00 bits per heavy atom. The molecule has 1 atom stereocenters. The van der Waals surface area contributed by atoms with Crippen LogP contribution in [0.15, 0.2) is 0 Å². The Balaban J connectivity index is 0. The van der Waals surface area contributed by atoms with Crippen molar-refractivity contribution in [2.45, 2.75) is 39.2 Å². The first kappa shape index (κ1) is 18.4. The van der Waals surface area contributed by atoms with Gasteiger partial charge >= 0.3 is 0 Å². The van der Waals surface area contributed by atoms with Crippen LogP contribution in [0.1, 0.15) is 33.1 Å². The summed E-state index contributed by atoms with van der Waals surface area (Å²) in [4.78, 5) is 11.4. The van der Waals surface area contributed by atoms with Crippen LogP contribution in [-0.4, -0.2) is 30.5 Å². The van der Waals surface area contributed by atoms with E-state index in [0.29, 0.717) is 5.92 Å². The van der Waals surface area contributed by atoms with Crippen molar-refractivity contribution in [3.05, 3.63) is 0 Å². The van der Waals surface area contributed by atoms with Crippen LogP contribution < -0.4 is 11.1 Å². The van der Waals surface area contributed by atoms with Gasteiger partial charge in [-0.05, 0) is 37.2 Å². The summed E-state index contributed by atoms with van der Waals surface area (Å²) in [6.45, 7) is 5.13. The number of nitrogens with two attached hydrogens (primary N) is 1. The quantitative estimate of drug-likeness (QED) is 0.663. The lowest BCUT2D eigenvalue weighted by molar-refractivity contribution is -0.122. The molecule has 0 aromatic carbocycles. The van der Waals surface area contributed by atoms with E-state index in [0.717, 1.165) is 31.6 Å². The number of rotatable bonds is 8. The fraction of sp³-hybridized carbons (Fsp3) is 0.909. The summed E-state index contributed by atoms with van der Waals surface area (Å²) >= 11 is 1.72. The number of carbonyl (C=O) groups is 1. The Bertz CT molecular complexity index is 179. The zero-order valence-corrected chi connectivity index (χ0v) is 12.1. The molecule has 0 aliphatic heterocycles. The van der Waals surface area contributed by atoms with Gasteiger partial charge in [0.25, 0.3) is 0 Å². The molecule has 16 heavy (non-hydrogen) atoms. The summed E-state index contributed by atoms with van der Waals surface area (Å²) in [5.41, 5.74) is 5.72. The van der Waals surface area contributed by atoms with E-state index >= 15 is 0 Å². The van der Waals surface area contributed by atoms with Gasteiger partial charge in [0, 0.05) is 6.54 Å². The molecule has 0 heterocycles. The lowest BCUT2D eigenvalue weighted by Crippen LogP contribution is -2.41. The first-order valence-corrected chi connectivity index (χ1v) is 6.99. The first-order valence-electron chi connectivity index (χ1n) is 5.60. The van der Waals surface area contributed by atoms with Crippen molar-refractivity contribution in [2.75, 3.05) is 18.6 Å². The number of hydrogen-bond acceptors (Lipinski definition) is 3. The third kappa shape index (κ3) is 10.6. The molecular formula is C11H25ClN2OS. The summed E-state index contributed by atoms with van der Waals surface area (Å²) < 4.78 is 0. The molecule has 3 N–H and O–H groups in total. The number of nitrogens with one attached hydrogen (secondary N) is 1. The summed E-state index contributed by atoms with van der Waals surface area (Å²) in [7, 11) is 0. The van der Waals surface area contributed by atoms with Gasteiger partial charge in [0.2, 0.25) is 5.91 Å². The van der Waals surface area contributed by atoms with Crippen LogP contribution >= 0.6 is 24.2 Å². The third-order valence-electron chi connectivity index (χ3n) is 2.23. The highest BCUT2D eigenvalue weighted by Gasteiger charge is 2.11. The van der Waals surface area contributed by atoms with E-state index in [9.17, 15) is 4.79 Å². The van der Waals surface area contributed by atoms with Gasteiger partial charge in [-0.1, -0.05) is 13.8 Å². The average Bonchev–Trinajstić information content (AvgIpc) is 2.20. The molecule has 0 unspecified atom stereocenters. The Hall–Kier alpha value is 0.0700. The predicted octanol–water partition coefficient (Wildman–Crippen LogP) is 2.04. The van der Waals surface area contributed by atoms with Gasteiger partial charge in [-0.25, -0.2) is 0 Å². The van der Waals surface area contributed by atoms with Gasteiger partial charge in [0.1, 0.15) is 0 Å². The monoisotopic (exact) mass is 268 g/mol. The zero-order valence-electron chi connectivity index (χ0n) is 10.5. The van der Waals surface area contributed by atoms with Crippen LogP contribution in [0.2, 0.25) is 0 Å². The minimum Gasteiger partial charge on any atom is -0.355 e. The second-order valence-electron chi connectivity index (χ2n) is 4.22. The molecule has 0 spiro atoms. The minimum atomic E-state index is -0.337. The largest absolute Gasteiger partial charge is 0.355 e. The average molecular weight is 269 g/mol. The van der Waals surface area contributed by atoms with Gasteiger partial charge in [0.15, 0.2) is 0 Å². The fourth-order valence-corrected chi connectivity index (χ4v) is 1.72. The topological polar surface area (TPSA) is 55.1 Å². The standard InChI is InChI=1S/C11H24N2OS.ClH/c1-9(2)5-4-7-13-11(14)10(12)6-8-15-3;/h9-10H,4-8,12H2,1-3H3,(H,13,14);1H/t10-;/m0./s1. The number of hydrogen-bond donors (Lipinski definition) is 2. The van der Waals surface area contributed by atoms with Crippen LogP contribution in [0, 0.1) is 5.92 Å². The maximum Gasteiger partial charge on any atom is 0.236 e. The van der Waals surface area contributed by atoms with Crippen LogP contribution in [0.3, 0.4) is 0 Å². The zero-order chi connectivity index (χ0) is 11.7. The summed E-state index contributed by atoms with van der Waals surface area (Å²) in [6.07, 6.45) is 4.98. The minimum absolute atomic E-state index is 0. The van der Waals surface area contributed by atoms with Gasteiger partial charge < -0.3 is 11.1 Å². The van der Waals surface area contributed by atoms with Crippen LogP contribution in [0.25, 0.3) is 0 Å². The molecule has 0 bridgehead atoms. The highest BCUT2D eigenvalue weighted by molar-refractivity contribution is 7.98. The summed E-state index contributed by atoms with van der Waals surface area (Å²) in [6, 6.07) is -0.337. The van der Waals surface area contributed by atoms with Crippen molar-refractivity contribution in [2.24, 2.45) is 11.7 Å². The normalized spacial score (nSPS) is 12.1. The number of halogens is 1. The molecule has 5 heteroatoms.